The molecule has 1 saturated heterocycles. The van der Waals surface area contributed by atoms with Crippen LogP contribution >= 0.6 is 11.3 Å². The standard InChI is InChI=1S/C26H29N3O6S/c1-31-18-8-9-20(33-3)24-22(18)27-26(36-24)29(11-5-10-28-12-14-34-15-13-28)25(30)21-16-17-6-4-7-19(32-2)23(17)35-21/h4,6-9,16H,5,10-15H2,1-3H3. The summed E-state index contributed by atoms with van der Waals surface area (Å²) in [6.07, 6.45) is 0.777. The fourth-order valence-corrected chi connectivity index (χ4v) is 5.49. The minimum atomic E-state index is -0.257. The number of morpholine rings is 1. The Bertz CT molecular complexity index is 1320. The molecule has 1 aliphatic heterocycles. The first kappa shape index (κ1) is 24.4. The number of carbonyl (C=O) groups is 1. The van der Waals surface area contributed by atoms with Gasteiger partial charge in [0.1, 0.15) is 21.7 Å². The van der Waals surface area contributed by atoms with Gasteiger partial charge in [-0.3, -0.25) is 14.6 Å². The number of amides is 1. The van der Waals surface area contributed by atoms with Crippen LogP contribution in [-0.4, -0.2) is 76.5 Å². The number of ether oxygens (including phenoxy) is 4. The number of anilines is 1. The number of benzene rings is 2. The zero-order valence-corrected chi connectivity index (χ0v) is 21.4. The maximum Gasteiger partial charge on any atom is 0.295 e. The lowest BCUT2D eigenvalue weighted by Crippen LogP contribution is -2.39. The van der Waals surface area contributed by atoms with Crippen molar-refractivity contribution in [2.75, 3.05) is 65.6 Å². The van der Waals surface area contributed by atoms with Gasteiger partial charge in [-0.05, 0) is 30.7 Å². The molecule has 0 N–H and O–H groups in total. The van der Waals surface area contributed by atoms with Gasteiger partial charge < -0.3 is 23.4 Å². The summed E-state index contributed by atoms with van der Waals surface area (Å²) in [7, 11) is 4.81. The second-order valence-electron chi connectivity index (χ2n) is 8.40. The van der Waals surface area contributed by atoms with Crippen LogP contribution in [0.15, 0.2) is 40.8 Å². The summed E-state index contributed by atoms with van der Waals surface area (Å²) >= 11 is 1.40. The highest BCUT2D eigenvalue weighted by atomic mass is 32.1. The van der Waals surface area contributed by atoms with Crippen molar-refractivity contribution in [2.24, 2.45) is 0 Å². The molecular weight excluding hydrogens is 482 g/mol. The molecule has 0 spiro atoms. The van der Waals surface area contributed by atoms with Crippen LogP contribution in [0.4, 0.5) is 5.13 Å². The SMILES string of the molecule is COc1ccc(OC)c2sc(N(CCCN3CCOCC3)C(=O)c3cc4cccc(OC)c4o3)nc12. The zero-order valence-electron chi connectivity index (χ0n) is 20.6. The molecule has 0 atom stereocenters. The molecule has 3 heterocycles. The molecule has 0 unspecified atom stereocenters. The van der Waals surface area contributed by atoms with E-state index in [2.05, 4.69) is 4.90 Å². The Balaban J connectivity index is 1.50. The number of para-hydroxylation sites is 1. The first-order valence-electron chi connectivity index (χ1n) is 11.8. The molecule has 10 heteroatoms. The van der Waals surface area contributed by atoms with Gasteiger partial charge in [0.15, 0.2) is 22.2 Å². The van der Waals surface area contributed by atoms with Crippen molar-refractivity contribution in [3.63, 3.8) is 0 Å². The smallest absolute Gasteiger partial charge is 0.295 e. The van der Waals surface area contributed by atoms with Crippen molar-refractivity contribution < 1.29 is 28.2 Å². The molecule has 0 saturated carbocycles. The quantitative estimate of drug-likeness (QED) is 0.326. The van der Waals surface area contributed by atoms with Gasteiger partial charge in [0.05, 0.1) is 34.5 Å². The molecule has 4 aromatic rings. The second-order valence-corrected chi connectivity index (χ2v) is 9.38. The summed E-state index contributed by atoms with van der Waals surface area (Å²) in [4.78, 5) is 22.7. The Morgan fingerprint density at radius 2 is 1.81 bits per heavy atom. The lowest BCUT2D eigenvalue weighted by atomic mass is 10.2. The number of thiazole rings is 1. The van der Waals surface area contributed by atoms with Gasteiger partial charge in [0, 0.05) is 31.6 Å². The fourth-order valence-electron chi connectivity index (χ4n) is 4.39. The van der Waals surface area contributed by atoms with E-state index in [1.807, 2.05) is 30.3 Å². The number of hydrogen-bond donors (Lipinski definition) is 0. The topological polar surface area (TPSA) is 86.5 Å². The van der Waals surface area contributed by atoms with Crippen LogP contribution in [0.1, 0.15) is 17.0 Å². The van der Waals surface area contributed by atoms with E-state index in [0.717, 1.165) is 49.4 Å². The molecule has 190 valence electrons. The Morgan fingerprint density at radius 3 is 2.56 bits per heavy atom. The second kappa shape index (κ2) is 10.7. The molecule has 2 aromatic carbocycles. The van der Waals surface area contributed by atoms with Crippen molar-refractivity contribution in [1.82, 2.24) is 9.88 Å². The summed E-state index contributed by atoms with van der Waals surface area (Å²) < 4.78 is 28.8. The van der Waals surface area contributed by atoms with E-state index in [1.165, 1.54) is 11.3 Å². The maximum absolute atomic E-state index is 13.8. The molecular formula is C26H29N3O6S. The van der Waals surface area contributed by atoms with E-state index in [4.69, 9.17) is 28.3 Å². The normalized spacial score (nSPS) is 14.3. The van der Waals surface area contributed by atoms with Crippen molar-refractivity contribution in [2.45, 2.75) is 6.42 Å². The van der Waals surface area contributed by atoms with E-state index >= 15 is 0 Å². The zero-order chi connectivity index (χ0) is 25.1. The van der Waals surface area contributed by atoms with Crippen molar-refractivity contribution in [3.8, 4) is 17.2 Å². The van der Waals surface area contributed by atoms with Gasteiger partial charge in [-0.25, -0.2) is 4.98 Å². The summed E-state index contributed by atoms with van der Waals surface area (Å²) in [5.74, 6) is 1.87. The molecule has 36 heavy (non-hydrogen) atoms. The van der Waals surface area contributed by atoms with Crippen LogP contribution < -0.4 is 19.1 Å². The first-order chi connectivity index (χ1) is 17.6. The number of fused-ring (bicyclic) bond motifs is 2. The molecule has 1 fully saturated rings. The van der Waals surface area contributed by atoms with Gasteiger partial charge in [-0.2, -0.15) is 0 Å². The third-order valence-electron chi connectivity index (χ3n) is 6.27. The van der Waals surface area contributed by atoms with Crippen LogP contribution in [0, 0.1) is 0 Å². The number of nitrogens with zero attached hydrogens (tertiary/aromatic N) is 3. The van der Waals surface area contributed by atoms with Crippen LogP contribution in [0.3, 0.4) is 0 Å². The average Bonchev–Trinajstić information content (AvgIpc) is 3.56. The van der Waals surface area contributed by atoms with Gasteiger partial charge in [-0.15, -0.1) is 0 Å². The van der Waals surface area contributed by atoms with E-state index < -0.39 is 0 Å². The van der Waals surface area contributed by atoms with Crippen LogP contribution in [-0.2, 0) is 4.74 Å². The van der Waals surface area contributed by atoms with Crippen molar-refractivity contribution >= 4 is 43.6 Å². The number of carbonyl (C=O) groups excluding carboxylic acids is 1. The Hall–Kier alpha value is -3.34. The van der Waals surface area contributed by atoms with Gasteiger partial charge in [-0.1, -0.05) is 23.5 Å². The maximum atomic E-state index is 13.8. The highest BCUT2D eigenvalue weighted by molar-refractivity contribution is 7.22. The molecule has 1 amide bonds. The molecule has 0 bridgehead atoms. The van der Waals surface area contributed by atoms with Crippen molar-refractivity contribution in [3.05, 3.63) is 42.2 Å². The lowest BCUT2D eigenvalue weighted by molar-refractivity contribution is 0.0376. The number of rotatable bonds is 9. The third-order valence-corrected chi connectivity index (χ3v) is 7.37. The van der Waals surface area contributed by atoms with E-state index in [1.54, 1.807) is 32.3 Å². The third kappa shape index (κ3) is 4.71. The van der Waals surface area contributed by atoms with Gasteiger partial charge >= 0.3 is 0 Å². The minimum absolute atomic E-state index is 0.235. The Kier molecular flexibility index (Phi) is 7.26. The fraction of sp³-hybridized carbons (Fsp3) is 0.385. The Morgan fingerprint density at radius 1 is 1.06 bits per heavy atom. The van der Waals surface area contributed by atoms with Gasteiger partial charge in [0.2, 0.25) is 0 Å². The number of aromatic nitrogens is 1. The predicted octanol–water partition coefficient (Wildman–Crippen LogP) is 4.44. The van der Waals surface area contributed by atoms with E-state index in [9.17, 15) is 4.79 Å². The summed E-state index contributed by atoms with van der Waals surface area (Å²) in [6, 6.07) is 11.0. The predicted molar refractivity (Wildman–Crippen MR) is 139 cm³/mol. The molecule has 9 nitrogen and oxygen atoms in total. The number of hydrogen-bond acceptors (Lipinski definition) is 9. The summed E-state index contributed by atoms with van der Waals surface area (Å²) in [6.45, 7) is 4.61. The molecule has 1 aliphatic rings. The summed E-state index contributed by atoms with van der Waals surface area (Å²) in [5.41, 5.74) is 1.21. The Labute approximate surface area is 213 Å². The largest absolute Gasteiger partial charge is 0.495 e. The van der Waals surface area contributed by atoms with E-state index in [0.29, 0.717) is 40.0 Å². The molecule has 0 radical (unpaired) electrons. The van der Waals surface area contributed by atoms with Crippen molar-refractivity contribution in [1.29, 1.82) is 0 Å². The first-order valence-corrected chi connectivity index (χ1v) is 12.6. The van der Waals surface area contributed by atoms with Gasteiger partial charge in [0.25, 0.3) is 5.91 Å². The molecule has 0 aliphatic carbocycles. The number of methoxy groups -OCH3 is 3. The van der Waals surface area contributed by atoms with Crippen LogP contribution in [0.25, 0.3) is 21.2 Å². The monoisotopic (exact) mass is 511 g/mol. The molecule has 2 aromatic heterocycles. The summed E-state index contributed by atoms with van der Waals surface area (Å²) in [5, 5.41) is 1.37. The number of furan rings is 1. The van der Waals surface area contributed by atoms with Crippen LogP contribution in [0.5, 0.6) is 17.2 Å². The minimum Gasteiger partial charge on any atom is -0.495 e. The average molecular weight is 512 g/mol. The highest BCUT2D eigenvalue weighted by Gasteiger charge is 2.27. The molecule has 5 rings (SSSR count). The van der Waals surface area contributed by atoms with Crippen LogP contribution in [0.2, 0.25) is 0 Å². The highest BCUT2D eigenvalue weighted by Crippen LogP contribution is 2.40. The lowest BCUT2D eigenvalue weighted by Gasteiger charge is -2.27. The van der Waals surface area contributed by atoms with E-state index in [-0.39, 0.29) is 11.7 Å².